The molecule has 11 heteroatoms. The van der Waals surface area contributed by atoms with Crippen LogP contribution in [0.5, 0.6) is 11.5 Å². The van der Waals surface area contributed by atoms with Gasteiger partial charge in [0.15, 0.2) is 5.13 Å². The number of rotatable bonds is 7. The smallest absolute Gasteiger partial charge is 0.269 e. The van der Waals surface area contributed by atoms with E-state index in [9.17, 15) is 21.6 Å². The van der Waals surface area contributed by atoms with Gasteiger partial charge in [0.25, 0.3) is 10.0 Å². The van der Waals surface area contributed by atoms with Gasteiger partial charge in [-0.2, -0.15) is 4.39 Å². The van der Waals surface area contributed by atoms with E-state index in [0.29, 0.717) is 34.5 Å². The van der Waals surface area contributed by atoms with Crippen molar-refractivity contribution < 1.29 is 31.1 Å². The number of nitrogens with zero attached hydrogens (tertiary/aromatic N) is 2. The molecule has 2 aromatic carbocycles. The summed E-state index contributed by atoms with van der Waals surface area (Å²) in [5.41, 5.74) is 0.346. The maximum absolute atomic E-state index is 14.4. The zero-order valence-corrected chi connectivity index (χ0v) is 17.8. The third-order valence-corrected chi connectivity index (χ3v) is 6.94. The fourth-order valence-corrected chi connectivity index (χ4v) is 5.09. The summed E-state index contributed by atoms with van der Waals surface area (Å²) in [7, 11) is -1.71. The van der Waals surface area contributed by atoms with Crippen molar-refractivity contribution >= 4 is 26.5 Å². The number of benzene rings is 2. The first-order valence-electron chi connectivity index (χ1n) is 8.48. The summed E-state index contributed by atoms with van der Waals surface area (Å²) < 4.78 is 79.5. The summed E-state index contributed by atoms with van der Waals surface area (Å²) in [5.74, 6) is -1.36. The molecule has 0 saturated heterocycles. The summed E-state index contributed by atoms with van der Waals surface area (Å²) in [6.07, 6.45) is 0.861. The molecule has 0 unspecified atom stereocenters. The third kappa shape index (κ3) is 4.21. The van der Waals surface area contributed by atoms with Gasteiger partial charge in [0, 0.05) is 17.7 Å². The molecule has 0 fully saturated rings. The highest BCUT2D eigenvalue weighted by atomic mass is 32.2. The molecule has 0 bridgehead atoms. The van der Waals surface area contributed by atoms with Gasteiger partial charge in [-0.15, -0.1) is 0 Å². The van der Waals surface area contributed by atoms with E-state index in [2.05, 4.69) is 4.98 Å². The van der Waals surface area contributed by atoms with Crippen LogP contribution in [0, 0.1) is 23.7 Å². The molecular weight excluding hydrogens is 441 g/mol. The van der Waals surface area contributed by atoms with Crippen LogP contribution in [0.4, 0.5) is 18.3 Å². The fourth-order valence-electron chi connectivity index (χ4n) is 2.70. The van der Waals surface area contributed by atoms with Crippen LogP contribution in [0.15, 0.2) is 41.4 Å². The van der Waals surface area contributed by atoms with Crippen molar-refractivity contribution in [2.24, 2.45) is 0 Å². The lowest BCUT2D eigenvalue weighted by Gasteiger charge is -2.23. The van der Waals surface area contributed by atoms with Gasteiger partial charge in [0.2, 0.25) is 5.13 Å². The fraction of sp³-hybridized carbons (Fsp3) is 0.211. The minimum atomic E-state index is -4.56. The van der Waals surface area contributed by atoms with Crippen molar-refractivity contribution in [3.63, 3.8) is 0 Å². The Kier molecular flexibility index (Phi) is 6.22. The molecule has 0 amide bonds. The minimum Gasteiger partial charge on any atom is -0.497 e. The molecule has 0 aliphatic carbocycles. The predicted octanol–water partition coefficient (Wildman–Crippen LogP) is 4.28. The van der Waals surface area contributed by atoms with E-state index in [1.54, 1.807) is 18.2 Å². The number of anilines is 1. The number of sulfonamides is 1. The number of hydrogen-bond donors (Lipinski definition) is 0. The molecule has 0 atom stereocenters. The van der Waals surface area contributed by atoms with Crippen LogP contribution in [-0.4, -0.2) is 27.6 Å². The van der Waals surface area contributed by atoms with Gasteiger partial charge in [-0.25, -0.2) is 26.5 Å². The third-order valence-electron chi connectivity index (χ3n) is 4.27. The van der Waals surface area contributed by atoms with Crippen LogP contribution >= 0.6 is 11.3 Å². The second-order valence-electron chi connectivity index (χ2n) is 6.17. The average Bonchev–Trinajstić information content (AvgIpc) is 3.14. The molecule has 0 radical (unpaired) electrons. The second-order valence-corrected chi connectivity index (χ2v) is 8.96. The maximum Gasteiger partial charge on any atom is 0.269 e. The van der Waals surface area contributed by atoms with Crippen LogP contribution in [0.3, 0.4) is 0 Å². The van der Waals surface area contributed by atoms with Crippen molar-refractivity contribution in [3.05, 3.63) is 64.4 Å². The van der Waals surface area contributed by atoms with E-state index in [-0.39, 0.29) is 17.2 Å². The number of ether oxygens (including phenoxy) is 2. The lowest BCUT2D eigenvalue weighted by atomic mass is 10.2. The quantitative estimate of drug-likeness (QED) is 0.529. The Morgan fingerprint density at radius 3 is 2.40 bits per heavy atom. The molecule has 0 N–H and O–H groups in total. The minimum absolute atomic E-state index is 0.0535. The predicted molar refractivity (Wildman–Crippen MR) is 106 cm³/mol. The summed E-state index contributed by atoms with van der Waals surface area (Å²) >= 11 is 0.478. The molecule has 6 nitrogen and oxygen atoms in total. The van der Waals surface area contributed by atoms with Gasteiger partial charge in [-0.1, -0.05) is 11.3 Å². The largest absolute Gasteiger partial charge is 0.497 e. The molecule has 0 aliphatic rings. The molecule has 0 aliphatic heterocycles. The Bertz CT molecular complexity index is 1180. The monoisotopic (exact) mass is 458 g/mol. The van der Waals surface area contributed by atoms with Crippen molar-refractivity contribution in [3.8, 4) is 11.5 Å². The number of hydrogen-bond acceptors (Lipinski definition) is 6. The lowest BCUT2D eigenvalue weighted by molar-refractivity contribution is 0.391. The Labute approximate surface area is 175 Å². The van der Waals surface area contributed by atoms with Crippen LogP contribution < -0.4 is 13.8 Å². The zero-order chi connectivity index (χ0) is 22.1. The first-order chi connectivity index (χ1) is 14.2. The van der Waals surface area contributed by atoms with Gasteiger partial charge < -0.3 is 9.47 Å². The molecule has 1 aromatic heterocycles. The number of aryl methyl sites for hydroxylation is 1. The lowest BCUT2D eigenvalue weighted by Crippen LogP contribution is -2.31. The SMILES string of the molecule is COc1ccc(CN(c2ncc(F)s2)S(=O)(=O)c2cc(C)c(F)cc2F)c(OC)c1. The molecule has 3 aromatic rings. The maximum atomic E-state index is 14.4. The second kappa shape index (κ2) is 8.52. The zero-order valence-electron chi connectivity index (χ0n) is 16.1. The van der Waals surface area contributed by atoms with Gasteiger partial charge in [-0.3, -0.25) is 0 Å². The van der Waals surface area contributed by atoms with Crippen LogP contribution in [0.2, 0.25) is 0 Å². The Balaban J connectivity index is 2.14. The molecule has 0 saturated carbocycles. The summed E-state index contributed by atoms with van der Waals surface area (Å²) in [5, 5.41) is -0.936. The Morgan fingerprint density at radius 2 is 1.80 bits per heavy atom. The molecule has 160 valence electrons. The van der Waals surface area contributed by atoms with Gasteiger partial charge >= 0.3 is 0 Å². The Hall–Kier alpha value is -2.79. The van der Waals surface area contributed by atoms with Crippen molar-refractivity contribution in [1.29, 1.82) is 0 Å². The highest BCUT2D eigenvalue weighted by Gasteiger charge is 2.32. The molecule has 3 rings (SSSR count). The van der Waals surface area contributed by atoms with Crippen molar-refractivity contribution in [1.82, 2.24) is 4.98 Å². The summed E-state index contributed by atoms with van der Waals surface area (Å²) in [6.45, 7) is 0.978. The highest BCUT2D eigenvalue weighted by molar-refractivity contribution is 7.93. The topological polar surface area (TPSA) is 68.7 Å². The number of halogens is 3. The standard InChI is InChI=1S/C19H17F3N2O4S2/c1-11-6-17(15(21)8-14(11)20)30(25,26)24(19-23-9-18(22)29-19)10-12-4-5-13(27-2)7-16(12)28-3/h4-9H,10H2,1-3H3. The molecule has 1 heterocycles. The number of aromatic nitrogens is 1. The van der Waals surface area contributed by atoms with E-state index in [4.69, 9.17) is 9.47 Å². The van der Waals surface area contributed by atoms with Gasteiger partial charge in [0.1, 0.15) is 28.0 Å². The van der Waals surface area contributed by atoms with E-state index in [1.807, 2.05) is 0 Å². The van der Waals surface area contributed by atoms with Gasteiger partial charge in [0.05, 0.1) is 27.0 Å². The molecular formula is C19H17F3N2O4S2. The Morgan fingerprint density at radius 1 is 1.07 bits per heavy atom. The van der Waals surface area contributed by atoms with Crippen molar-refractivity contribution in [2.75, 3.05) is 18.5 Å². The van der Waals surface area contributed by atoms with E-state index in [0.717, 1.165) is 16.6 Å². The van der Waals surface area contributed by atoms with E-state index in [1.165, 1.54) is 21.1 Å². The van der Waals surface area contributed by atoms with Crippen molar-refractivity contribution in [2.45, 2.75) is 18.4 Å². The number of thiazole rings is 1. The van der Waals surface area contributed by atoms with Gasteiger partial charge in [-0.05, 0) is 30.7 Å². The summed E-state index contributed by atoms with van der Waals surface area (Å²) in [4.78, 5) is 3.05. The average molecular weight is 458 g/mol. The summed E-state index contributed by atoms with van der Waals surface area (Å²) in [6, 6.07) is 6.09. The first kappa shape index (κ1) is 21.9. The van der Waals surface area contributed by atoms with Crippen LogP contribution in [-0.2, 0) is 16.6 Å². The van der Waals surface area contributed by atoms with E-state index < -0.39 is 31.7 Å². The van der Waals surface area contributed by atoms with Crippen LogP contribution in [0.25, 0.3) is 0 Å². The normalized spacial score (nSPS) is 11.4. The highest BCUT2D eigenvalue weighted by Crippen LogP contribution is 2.34. The van der Waals surface area contributed by atoms with E-state index >= 15 is 0 Å². The molecule has 30 heavy (non-hydrogen) atoms. The number of methoxy groups -OCH3 is 2. The van der Waals surface area contributed by atoms with Crippen LogP contribution in [0.1, 0.15) is 11.1 Å². The first-order valence-corrected chi connectivity index (χ1v) is 10.7. The molecule has 0 spiro atoms.